The number of ketones is 1. The van der Waals surface area contributed by atoms with Crippen LogP contribution in [0.4, 0.5) is 4.39 Å². The lowest BCUT2D eigenvalue weighted by atomic mass is 10.1. The molecule has 0 saturated carbocycles. The van der Waals surface area contributed by atoms with Gasteiger partial charge in [-0.1, -0.05) is 17.7 Å². The van der Waals surface area contributed by atoms with Crippen LogP contribution in [0.3, 0.4) is 0 Å². The van der Waals surface area contributed by atoms with E-state index in [-0.39, 0.29) is 16.4 Å². The normalized spacial score (nSPS) is 11.2. The summed E-state index contributed by atoms with van der Waals surface area (Å²) >= 11 is 5.87. The molecule has 0 saturated heterocycles. The fraction of sp³-hybridized carbons (Fsp3) is 0.133. The van der Waals surface area contributed by atoms with E-state index in [2.05, 4.69) is 0 Å². The molecule has 4 heteroatoms. The molecular formula is C15H12ClFO2. The maximum absolute atomic E-state index is 13.5. The summed E-state index contributed by atoms with van der Waals surface area (Å²) in [7, 11) is 0. The van der Waals surface area contributed by atoms with Gasteiger partial charge < -0.3 is 4.42 Å². The van der Waals surface area contributed by atoms with Crippen LogP contribution in [0.2, 0.25) is 5.02 Å². The van der Waals surface area contributed by atoms with E-state index >= 15 is 0 Å². The second-order valence-electron chi connectivity index (χ2n) is 4.16. The number of hydrogen-bond acceptors (Lipinski definition) is 2. The molecule has 0 N–H and O–H groups in total. The molecule has 2 nitrogen and oxygen atoms in total. The van der Waals surface area contributed by atoms with Crippen LogP contribution in [-0.4, -0.2) is 5.78 Å². The van der Waals surface area contributed by atoms with E-state index in [1.54, 1.807) is 26.0 Å². The van der Waals surface area contributed by atoms with Crippen molar-refractivity contribution in [1.29, 1.82) is 0 Å². The molecule has 19 heavy (non-hydrogen) atoms. The first-order valence-corrected chi connectivity index (χ1v) is 6.10. The van der Waals surface area contributed by atoms with E-state index in [9.17, 15) is 9.18 Å². The van der Waals surface area contributed by atoms with Gasteiger partial charge in [0.15, 0.2) is 5.78 Å². The van der Waals surface area contributed by atoms with Crippen molar-refractivity contribution in [3.8, 4) is 0 Å². The van der Waals surface area contributed by atoms with Crippen LogP contribution in [0.25, 0.3) is 6.08 Å². The van der Waals surface area contributed by atoms with Gasteiger partial charge in [-0.2, -0.15) is 0 Å². The van der Waals surface area contributed by atoms with Crippen molar-refractivity contribution in [3.05, 3.63) is 63.8 Å². The van der Waals surface area contributed by atoms with Gasteiger partial charge in [-0.15, -0.1) is 0 Å². The molecule has 1 aromatic carbocycles. The molecular weight excluding hydrogens is 267 g/mol. The average molecular weight is 279 g/mol. The number of furan rings is 1. The maximum atomic E-state index is 13.5. The minimum Gasteiger partial charge on any atom is -0.466 e. The lowest BCUT2D eigenvalue weighted by molar-refractivity contribution is 0.104. The second kappa shape index (κ2) is 5.41. The van der Waals surface area contributed by atoms with Gasteiger partial charge >= 0.3 is 0 Å². The van der Waals surface area contributed by atoms with Gasteiger partial charge in [0.1, 0.15) is 17.3 Å². The molecule has 0 bridgehead atoms. The molecule has 0 aliphatic rings. The first kappa shape index (κ1) is 13.6. The molecule has 1 heterocycles. The first-order chi connectivity index (χ1) is 8.99. The Morgan fingerprint density at radius 3 is 2.68 bits per heavy atom. The van der Waals surface area contributed by atoms with Crippen LogP contribution < -0.4 is 0 Å². The molecule has 0 aliphatic heterocycles. The Morgan fingerprint density at radius 1 is 1.37 bits per heavy atom. The number of hydrogen-bond donors (Lipinski definition) is 0. The largest absolute Gasteiger partial charge is 0.466 e. The van der Waals surface area contributed by atoms with Crippen molar-refractivity contribution in [2.75, 3.05) is 0 Å². The van der Waals surface area contributed by atoms with Crippen molar-refractivity contribution >= 4 is 23.5 Å². The number of benzene rings is 1. The van der Waals surface area contributed by atoms with Crippen LogP contribution in [0, 0.1) is 19.7 Å². The lowest BCUT2D eigenvalue weighted by Gasteiger charge is -1.99. The molecule has 0 unspecified atom stereocenters. The SMILES string of the molecule is Cc1cc(C(=O)/C=C/c2c(F)cccc2Cl)c(C)o1. The highest BCUT2D eigenvalue weighted by Gasteiger charge is 2.11. The minimum atomic E-state index is -0.461. The predicted octanol–water partition coefficient (Wildman–Crippen LogP) is 4.59. The molecule has 0 radical (unpaired) electrons. The summed E-state index contributed by atoms with van der Waals surface area (Å²) in [6.45, 7) is 3.48. The van der Waals surface area contributed by atoms with Crippen LogP contribution in [0.1, 0.15) is 27.4 Å². The third-order valence-electron chi connectivity index (χ3n) is 2.71. The van der Waals surface area contributed by atoms with Gasteiger partial charge in [-0.05, 0) is 44.2 Å². The Labute approximate surface area is 115 Å². The molecule has 2 rings (SSSR count). The predicted molar refractivity (Wildman–Crippen MR) is 73.0 cm³/mol. The topological polar surface area (TPSA) is 30.2 Å². The van der Waals surface area contributed by atoms with E-state index in [1.807, 2.05) is 0 Å². The molecule has 2 aromatic rings. The third-order valence-corrected chi connectivity index (χ3v) is 3.04. The van der Waals surface area contributed by atoms with Crippen LogP contribution >= 0.6 is 11.6 Å². The van der Waals surface area contributed by atoms with E-state index in [1.165, 1.54) is 24.3 Å². The Hall–Kier alpha value is -1.87. The molecule has 0 aliphatic carbocycles. The van der Waals surface area contributed by atoms with Crippen LogP contribution in [-0.2, 0) is 0 Å². The molecule has 0 atom stereocenters. The van der Waals surface area contributed by atoms with Crippen LogP contribution in [0.5, 0.6) is 0 Å². The van der Waals surface area contributed by atoms with Gasteiger partial charge in [0.25, 0.3) is 0 Å². The van der Waals surface area contributed by atoms with Crippen molar-refractivity contribution < 1.29 is 13.6 Å². The van der Waals surface area contributed by atoms with E-state index in [0.717, 1.165) is 0 Å². The summed E-state index contributed by atoms with van der Waals surface area (Å²) in [5, 5.41) is 0.268. The Kier molecular flexibility index (Phi) is 3.86. The quantitative estimate of drug-likeness (QED) is 0.607. The van der Waals surface area contributed by atoms with E-state index in [0.29, 0.717) is 17.1 Å². The molecule has 1 aromatic heterocycles. The Bertz CT molecular complexity index is 636. The van der Waals surface area contributed by atoms with Crippen molar-refractivity contribution in [2.45, 2.75) is 13.8 Å². The average Bonchev–Trinajstić information content (AvgIpc) is 2.67. The highest BCUT2D eigenvalue weighted by atomic mass is 35.5. The highest BCUT2D eigenvalue weighted by molar-refractivity contribution is 6.32. The van der Waals surface area contributed by atoms with Gasteiger partial charge in [0.05, 0.1) is 10.6 Å². The van der Waals surface area contributed by atoms with E-state index < -0.39 is 5.82 Å². The van der Waals surface area contributed by atoms with Crippen molar-refractivity contribution in [2.24, 2.45) is 0 Å². The molecule has 98 valence electrons. The summed E-state index contributed by atoms with van der Waals surface area (Å²) in [6.07, 6.45) is 2.67. The zero-order valence-electron chi connectivity index (χ0n) is 10.5. The zero-order valence-corrected chi connectivity index (χ0v) is 11.3. The van der Waals surface area contributed by atoms with Crippen molar-refractivity contribution in [1.82, 2.24) is 0 Å². The number of rotatable bonds is 3. The number of allylic oxidation sites excluding steroid dienone is 1. The maximum Gasteiger partial charge on any atom is 0.189 e. The summed E-state index contributed by atoms with van der Waals surface area (Å²) in [5.74, 6) is 0.510. The lowest BCUT2D eigenvalue weighted by Crippen LogP contribution is -1.94. The number of aryl methyl sites for hydroxylation is 2. The van der Waals surface area contributed by atoms with Gasteiger partial charge in [-0.25, -0.2) is 4.39 Å². The van der Waals surface area contributed by atoms with Crippen molar-refractivity contribution in [3.63, 3.8) is 0 Å². The molecule has 0 spiro atoms. The first-order valence-electron chi connectivity index (χ1n) is 5.72. The van der Waals surface area contributed by atoms with Crippen LogP contribution in [0.15, 0.2) is 34.8 Å². The summed E-state index contributed by atoms with van der Waals surface area (Å²) in [6, 6.07) is 6.04. The standard InChI is InChI=1S/C15H12ClFO2/c1-9-8-12(10(2)19-9)15(18)7-6-11-13(16)4-3-5-14(11)17/h3-8H,1-2H3/b7-6+. The summed E-state index contributed by atoms with van der Waals surface area (Å²) < 4.78 is 18.8. The monoisotopic (exact) mass is 278 g/mol. The number of carbonyl (C=O) groups excluding carboxylic acids is 1. The fourth-order valence-electron chi connectivity index (χ4n) is 1.79. The van der Waals surface area contributed by atoms with E-state index in [4.69, 9.17) is 16.0 Å². The summed E-state index contributed by atoms with van der Waals surface area (Å²) in [4.78, 5) is 12.0. The number of carbonyl (C=O) groups is 1. The minimum absolute atomic E-state index is 0.204. The second-order valence-corrected chi connectivity index (χ2v) is 4.57. The Balaban J connectivity index is 2.28. The zero-order chi connectivity index (χ0) is 14.0. The third kappa shape index (κ3) is 2.93. The molecule has 0 fully saturated rings. The van der Waals surface area contributed by atoms with Gasteiger partial charge in [0, 0.05) is 5.56 Å². The molecule has 0 amide bonds. The smallest absolute Gasteiger partial charge is 0.189 e. The van der Waals surface area contributed by atoms with Gasteiger partial charge in [0.2, 0.25) is 0 Å². The van der Waals surface area contributed by atoms with Gasteiger partial charge in [-0.3, -0.25) is 4.79 Å². The fourth-order valence-corrected chi connectivity index (χ4v) is 2.02. The highest BCUT2D eigenvalue weighted by Crippen LogP contribution is 2.21. The number of halogens is 2. The Morgan fingerprint density at radius 2 is 2.11 bits per heavy atom. The summed E-state index contributed by atoms with van der Waals surface area (Å²) in [5.41, 5.74) is 0.677.